The molecule has 30 heavy (non-hydrogen) atoms. The van der Waals surface area contributed by atoms with E-state index in [1.165, 1.54) is 17.0 Å². The summed E-state index contributed by atoms with van der Waals surface area (Å²) in [5.74, 6) is 0.216. The zero-order valence-corrected chi connectivity index (χ0v) is 20.1. The van der Waals surface area contributed by atoms with Crippen LogP contribution in [0.2, 0.25) is 0 Å². The van der Waals surface area contributed by atoms with Crippen molar-refractivity contribution in [3.05, 3.63) is 45.4 Å². The number of halogens is 4. The largest absolute Gasteiger partial charge is 0.573 e. The highest BCUT2D eigenvalue weighted by Crippen LogP contribution is 2.24. The number of aryl methyl sites for hydroxylation is 2. The number of nitrogens with one attached hydrogen (secondary N) is 2. The van der Waals surface area contributed by atoms with Crippen LogP contribution < -0.4 is 15.4 Å². The molecule has 0 saturated heterocycles. The second-order valence-corrected chi connectivity index (χ2v) is 7.57. The van der Waals surface area contributed by atoms with Gasteiger partial charge in [0.05, 0.1) is 23.4 Å². The predicted molar refractivity (Wildman–Crippen MR) is 123 cm³/mol. The normalized spacial score (nSPS) is 12.8. The maximum Gasteiger partial charge on any atom is 0.573 e. The maximum absolute atomic E-state index is 12.2. The summed E-state index contributed by atoms with van der Waals surface area (Å²) in [7, 11) is 0. The number of aliphatic hydroxyl groups is 1. The van der Waals surface area contributed by atoms with Crippen LogP contribution in [0.15, 0.2) is 29.3 Å². The van der Waals surface area contributed by atoms with Crippen LogP contribution in [0.4, 0.5) is 13.2 Å². The molecule has 168 valence electrons. The van der Waals surface area contributed by atoms with Gasteiger partial charge in [-0.1, -0.05) is 12.1 Å². The Bertz CT molecular complexity index is 794. The average Bonchev–Trinajstić information content (AvgIpc) is 2.96. The molecule has 0 saturated carbocycles. The smallest absolute Gasteiger partial charge is 0.406 e. The molecule has 0 radical (unpaired) electrons. The van der Waals surface area contributed by atoms with Gasteiger partial charge in [-0.3, -0.25) is 4.99 Å². The molecule has 1 aromatic heterocycles. The summed E-state index contributed by atoms with van der Waals surface area (Å²) in [6, 6.07) is 5.10. The summed E-state index contributed by atoms with van der Waals surface area (Å²) in [5, 5.41) is 17.6. The number of hydrogen-bond donors (Lipinski definition) is 3. The molecule has 3 N–H and O–H groups in total. The number of rotatable bonds is 8. The summed E-state index contributed by atoms with van der Waals surface area (Å²) in [4.78, 5) is 10.0. The van der Waals surface area contributed by atoms with Gasteiger partial charge in [-0.05, 0) is 38.5 Å². The number of aromatic nitrogens is 1. The predicted octanol–water partition coefficient (Wildman–Crippen LogP) is 4.11. The van der Waals surface area contributed by atoms with Crippen molar-refractivity contribution in [2.75, 3.05) is 19.6 Å². The number of hydrogen-bond acceptors (Lipinski definition) is 5. The standard InChI is InChI=1S/C19H25F3N4O2S.HI/c1-4-23-18(24-10-9-17-26-12(2)13(3)29-17)25-11-16(27)14-5-7-15(8-6-14)28-19(20,21)22;/h5-8,16,27H,4,9-11H2,1-3H3,(H2,23,24,25);1H. The Labute approximate surface area is 195 Å². The van der Waals surface area contributed by atoms with E-state index in [4.69, 9.17) is 0 Å². The average molecular weight is 558 g/mol. The highest BCUT2D eigenvalue weighted by atomic mass is 127. The fourth-order valence-corrected chi connectivity index (χ4v) is 3.38. The van der Waals surface area contributed by atoms with Crippen molar-refractivity contribution >= 4 is 41.3 Å². The highest BCUT2D eigenvalue weighted by molar-refractivity contribution is 14.0. The van der Waals surface area contributed by atoms with Gasteiger partial charge in [0, 0.05) is 24.4 Å². The SMILES string of the molecule is CCNC(=NCC(O)c1ccc(OC(F)(F)F)cc1)NCCc1nc(C)c(C)s1.I. The van der Waals surface area contributed by atoms with E-state index >= 15 is 0 Å². The monoisotopic (exact) mass is 558 g/mol. The number of alkyl halides is 3. The summed E-state index contributed by atoms with van der Waals surface area (Å²) in [6.07, 6.45) is -4.94. The van der Waals surface area contributed by atoms with Gasteiger partial charge in [0.1, 0.15) is 5.75 Å². The van der Waals surface area contributed by atoms with Crippen molar-refractivity contribution in [2.24, 2.45) is 4.99 Å². The van der Waals surface area contributed by atoms with E-state index in [9.17, 15) is 18.3 Å². The molecule has 0 spiro atoms. The third-order valence-corrected chi connectivity index (χ3v) is 5.10. The van der Waals surface area contributed by atoms with E-state index in [2.05, 4.69) is 25.3 Å². The second-order valence-electron chi connectivity index (χ2n) is 6.28. The van der Waals surface area contributed by atoms with Crippen LogP contribution in [-0.2, 0) is 6.42 Å². The number of guanidine groups is 1. The topological polar surface area (TPSA) is 78.8 Å². The molecule has 2 rings (SSSR count). The molecule has 0 aliphatic rings. The van der Waals surface area contributed by atoms with Crippen molar-refractivity contribution in [1.29, 1.82) is 0 Å². The Kier molecular flexibility index (Phi) is 10.8. The van der Waals surface area contributed by atoms with Crippen LogP contribution in [-0.4, -0.2) is 42.0 Å². The van der Waals surface area contributed by atoms with Crippen molar-refractivity contribution in [2.45, 2.75) is 39.7 Å². The van der Waals surface area contributed by atoms with Crippen LogP contribution in [0.1, 0.15) is 34.2 Å². The third kappa shape index (κ3) is 9.04. The Morgan fingerprint density at radius 3 is 2.43 bits per heavy atom. The molecular formula is C19H26F3IN4O2S. The van der Waals surface area contributed by atoms with Crippen LogP contribution in [0.25, 0.3) is 0 Å². The molecular weight excluding hydrogens is 532 g/mol. The van der Waals surface area contributed by atoms with E-state index in [0.717, 1.165) is 29.3 Å². The van der Waals surface area contributed by atoms with Crippen molar-refractivity contribution < 1.29 is 23.0 Å². The minimum atomic E-state index is -4.74. The van der Waals surface area contributed by atoms with Gasteiger partial charge in [-0.25, -0.2) is 4.98 Å². The van der Waals surface area contributed by atoms with Gasteiger partial charge in [-0.15, -0.1) is 48.5 Å². The molecule has 0 aliphatic carbocycles. The molecule has 1 unspecified atom stereocenters. The van der Waals surface area contributed by atoms with Gasteiger partial charge in [-0.2, -0.15) is 0 Å². The first-order valence-corrected chi connectivity index (χ1v) is 9.98. The molecule has 11 heteroatoms. The molecule has 2 aromatic rings. The lowest BCUT2D eigenvalue weighted by atomic mass is 10.1. The van der Waals surface area contributed by atoms with Gasteiger partial charge in [0.2, 0.25) is 0 Å². The molecule has 6 nitrogen and oxygen atoms in total. The zero-order chi connectivity index (χ0) is 21.4. The highest BCUT2D eigenvalue weighted by Gasteiger charge is 2.31. The first kappa shape index (κ1) is 26.4. The Morgan fingerprint density at radius 2 is 1.90 bits per heavy atom. The van der Waals surface area contributed by atoms with Crippen molar-refractivity contribution in [3.63, 3.8) is 0 Å². The van der Waals surface area contributed by atoms with E-state index in [1.54, 1.807) is 11.3 Å². The number of thiazole rings is 1. The third-order valence-electron chi connectivity index (χ3n) is 3.97. The molecule has 1 atom stereocenters. The van der Waals surface area contributed by atoms with Gasteiger partial charge in [0.15, 0.2) is 5.96 Å². The Morgan fingerprint density at radius 1 is 1.23 bits per heavy atom. The van der Waals surface area contributed by atoms with Crippen LogP contribution in [0.5, 0.6) is 5.75 Å². The van der Waals surface area contributed by atoms with Crippen molar-refractivity contribution in [3.8, 4) is 5.75 Å². The summed E-state index contributed by atoms with van der Waals surface area (Å²) >= 11 is 1.67. The van der Waals surface area contributed by atoms with E-state index in [0.29, 0.717) is 24.6 Å². The van der Waals surface area contributed by atoms with Crippen LogP contribution >= 0.6 is 35.3 Å². The number of ether oxygens (including phenoxy) is 1. The maximum atomic E-state index is 12.2. The summed E-state index contributed by atoms with van der Waals surface area (Å²) < 4.78 is 40.4. The van der Waals surface area contributed by atoms with E-state index in [-0.39, 0.29) is 36.3 Å². The molecule has 0 fully saturated rings. The molecule has 1 aromatic carbocycles. The lowest BCUT2D eigenvalue weighted by Crippen LogP contribution is -2.38. The van der Waals surface area contributed by atoms with Crippen LogP contribution in [0, 0.1) is 13.8 Å². The molecule has 0 aliphatic heterocycles. The number of benzene rings is 1. The van der Waals surface area contributed by atoms with Gasteiger partial charge in [0.25, 0.3) is 0 Å². The van der Waals surface area contributed by atoms with Crippen LogP contribution in [0.3, 0.4) is 0 Å². The summed E-state index contributed by atoms with van der Waals surface area (Å²) in [6.45, 7) is 7.31. The zero-order valence-electron chi connectivity index (χ0n) is 16.9. The number of aliphatic hydroxyl groups excluding tert-OH is 1. The molecule has 0 bridgehead atoms. The second kappa shape index (κ2) is 12.3. The fraction of sp³-hybridized carbons (Fsp3) is 0.474. The fourth-order valence-electron chi connectivity index (χ4n) is 2.45. The number of aliphatic imine (C=N–C) groups is 1. The lowest BCUT2D eigenvalue weighted by molar-refractivity contribution is -0.274. The van der Waals surface area contributed by atoms with Gasteiger partial charge >= 0.3 is 6.36 Å². The Hall–Kier alpha value is -1.60. The first-order valence-electron chi connectivity index (χ1n) is 9.16. The lowest BCUT2D eigenvalue weighted by Gasteiger charge is -2.14. The van der Waals surface area contributed by atoms with Crippen molar-refractivity contribution in [1.82, 2.24) is 15.6 Å². The molecule has 0 amide bonds. The minimum absolute atomic E-state index is 0. The Balaban J connectivity index is 0.00000450. The number of nitrogens with zero attached hydrogens (tertiary/aromatic N) is 2. The quantitative estimate of drug-likeness (QED) is 0.258. The minimum Gasteiger partial charge on any atom is -0.406 e. The van der Waals surface area contributed by atoms with Gasteiger partial charge < -0.3 is 20.5 Å². The van der Waals surface area contributed by atoms with E-state index < -0.39 is 12.5 Å². The summed E-state index contributed by atoms with van der Waals surface area (Å²) in [5.41, 5.74) is 1.49. The van der Waals surface area contributed by atoms with E-state index in [1.807, 2.05) is 20.8 Å². The molecule has 1 heterocycles. The first-order chi connectivity index (χ1) is 13.7.